The van der Waals surface area contributed by atoms with Crippen molar-refractivity contribution in [1.29, 1.82) is 0 Å². The molecule has 0 aliphatic rings. The van der Waals surface area contributed by atoms with Crippen molar-refractivity contribution in [3.8, 4) is 5.75 Å². The second-order valence-corrected chi connectivity index (χ2v) is 2.89. The van der Waals surface area contributed by atoms with Gasteiger partial charge in [0.2, 0.25) is 0 Å². The van der Waals surface area contributed by atoms with E-state index >= 15 is 0 Å². The number of benzene rings is 1. The number of nitrogens with two attached hydrogens (primary N) is 1. The summed E-state index contributed by atoms with van der Waals surface area (Å²) in [5.74, 6) is 0.105. The van der Waals surface area contributed by atoms with Crippen molar-refractivity contribution in [3.63, 3.8) is 0 Å². The Morgan fingerprint density at radius 2 is 2.00 bits per heavy atom. The summed E-state index contributed by atoms with van der Waals surface area (Å²) in [5.41, 5.74) is 5.80. The van der Waals surface area contributed by atoms with Crippen molar-refractivity contribution in [3.05, 3.63) is 24.0 Å². The quantitative estimate of drug-likeness (QED) is 0.689. The first-order valence-electron chi connectivity index (χ1n) is 3.80. The summed E-state index contributed by atoms with van der Waals surface area (Å²) in [6.45, 7) is 3.75. The van der Waals surface area contributed by atoms with Crippen molar-refractivity contribution < 1.29 is 9.13 Å². The SMILES string of the molecule is CC(C)Oc1cc(N)cc(F)c1. The molecular weight excluding hydrogens is 157 g/mol. The zero-order chi connectivity index (χ0) is 9.14. The second kappa shape index (κ2) is 3.43. The Kier molecular flexibility index (Phi) is 2.53. The van der Waals surface area contributed by atoms with Crippen molar-refractivity contribution in [2.24, 2.45) is 0 Å². The Morgan fingerprint density at radius 1 is 1.33 bits per heavy atom. The molecule has 2 N–H and O–H groups in total. The lowest BCUT2D eigenvalue weighted by Crippen LogP contribution is -2.06. The van der Waals surface area contributed by atoms with Crippen molar-refractivity contribution in [2.45, 2.75) is 20.0 Å². The zero-order valence-electron chi connectivity index (χ0n) is 7.17. The molecular formula is C9H12FNO. The van der Waals surface area contributed by atoms with Crippen LogP contribution < -0.4 is 10.5 Å². The van der Waals surface area contributed by atoms with Gasteiger partial charge in [-0.1, -0.05) is 0 Å². The minimum Gasteiger partial charge on any atom is -0.491 e. The Labute approximate surface area is 71.1 Å². The Balaban J connectivity index is 2.85. The smallest absolute Gasteiger partial charge is 0.128 e. The van der Waals surface area contributed by atoms with Crippen LogP contribution in [0.15, 0.2) is 18.2 Å². The molecule has 0 saturated heterocycles. The van der Waals surface area contributed by atoms with Crippen LogP contribution in [0.2, 0.25) is 0 Å². The maximum Gasteiger partial charge on any atom is 0.128 e. The number of ether oxygens (including phenoxy) is 1. The van der Waals surface area contributed by atoms with Crippen LogP contribution in [-0.4, -0.2) is 6.10 Å². The molecule has 0 unspecified atom stereocenters. The van der Waals surface area contributed by atoms with Gasteiger partial charge in [0.1, 0.15) is 11.6 Å². The van der Waals surface area contributed by atoms with E-state index in [2.05, 4.69) is 0 Å². The van der Waals surface area contributed by atoms with E-state index < -0.39 is 0 Å². The normalized spacial score (nSPS) is 10.3. The number of hydrogen-bond acceptors (Lipinski definition) is 2. The van der Waals surface area contributed by atoms with Gasteiger partial charge >= 0.3 is 0 Å². The fourth-order valence-corrected chi connectivity index (χ4v) is 0.925. The highest BCUT2D eigenvalue weighted by atomic mass is 19.1. The molecule has 1 aromatic rings. The summed E-state index contributed by atoms with van der Waals surface area (Å²) >= 11 is 0. The summed E-state index contributed by atoms with van der Waals surface area (Å²) < 4.78 is 18.0. The predicted molar refractivity (Wildman–Crippen MR) is 46.6 cm³/mol. The van der Waals surface area contributed by atoms with Gasteiger partial charge in [0.05, 0.1) is 6.10 Å². The van der Waals surface area contributed by atoms with Gasteiger partial charge in [-0.3, -0.25) is 0 Å². The summed E-state index contributed by atoms with van der Waals surface area (Å²) in [7, 11) is 0. The van der Waals surface area contributed by atoms with Gasteiger partial charge in [0.15, 0.2) is 0 Å². The van der Waals surface area contributed by atoms with Crippen molar-refractivity contribution >= 4 is 5.69 Å². The molecule has 0 amide bonds. The Morgan fingerprint density at radius 3 is 2.50 bits per heavy atom. The third-order valence-electron chi connectivity index (χ3n) is 1.27. The molecule has 3 heteroatoms. The van der Waals surface area contributed by atoms with Gasteiger partial charge in [0.25, 0.3) is 0 Å². The number of rotatable bonds is 2. The molecule has 1 rings (SSSR count). The number of anilines is 1. The largest absolute Gasteiger partial charge is 0.491 e. The molecule has 0 aliphatic heterocycles. The minimum atomic E-state index is -0.370. The second-order valence-electron chi connectivity index (χ2n) is 2.89. The number of halogens is 1. The first-order chi connectivity index (χ1) is 5.58. The molecule has 2 nitrogen and oxygen atoms in total. The van der Waals surface area contributed by atoms with E-state index in [1.54, 1.807) is 6.07 Å². The average Bonchev–Trinajstić information content (AvgIpc) is 1.81. The molecule has 0 radical (unpaired) electrons. The van der Waals surface area contributed by atoms with Gasteiger partial charge in [-0.25, -0.2) is 4.39 Å². The van der Waals surface area contributed by atoms with Crippen LogP contribution in [0, 0.1) is 5.82 Å². The van der Waals surface area contributed by atoms with E-state index in [4.69, 9.17) is 10.5 Å². The Bertz CT molecular complexity index is 253. The van der Waals surface area contributed by atoms with Gasteiger partial charge in [-0.2, -0.15) is 0 Å². The molecule has 0 aliphatic carbocycles. The van der Waals surface area contributed by atoms with Crippen LogP contribution >= 0.6 is 0 Å². The number of nitrogen functional groups attached to an aromatic ring is 1. The molecule has 1 aromatic carbocycles. The molecule has 0 atom stereocenters. The Hall–Kier alpha value is -1.25. The van der Waals surface area contributed by atoms with E-state index in [1.165, 1.54) is 12.1 Å². The van der Waals surface area contributed by atoms with Gasteiger partial charge in [0, 0.05) is 17.8 Å². The summed E-state index contributed by atoms with van der Waals surface area (Å²) in [6.07, 6.45) is 0.0335. The van der Waals surface area contributed by atoms with E-state index in [1.807, 2.05) is 13.8 Å². The fourth-order valence-electron chi connectivity index (χ4n) is 0.925. The molecule has 12 heavy (non-hydrogen) atoms. The summed E-state index contributed by atoms with van der Waals surface area (Å²) in [4.78, 5) is 0. The topological polar surface area (TPSA) is 35.2 Å². The zero-order valence-corrected chi connectivity index (χ0v) is 7.17. The van der Waals surface area contributed by atoms with Gasteiger partial charge < -0.3 is 10.5 Å². The monoisotopic (exact) mass is 169 g/mol. The van der Waals surface area contributed by atoms with Crippen LogP contribution in [0.4, 0.5) is 10.1 Å². The van der Waals surface area contributed by atoms with E-state index in [0.29, 0.717) is 11.4 Å². The lowest BCUT2D eigenvalue weighted by Gasteiger charge is -2.09. The lowest BCUT2D eigenvalue weighted by molar-refractivity contribution is 0.241. The van der Waals surface area contributed by atoms with E-state index in [0.717, 1.165) is 0 Å². The maximum absolute atomic E-state index is 12.7. The van der Waals surface area contributed by atoms with Crippen LogP contribution in [0.3, 0.4) is 0 Å². The van der Waals surface area contributed by atoms with Crippen molar-refractivity contribution in [2.75, 3.05) is 5.73 Å². The highest BCUT2D eigenvalue weighted by Gasteiger charge is 2.00. The molecule has 0 saturated carbocycles. The molecule has 66 valence electrons. The van der Waals surface area contributed by atoms with Crippen LogP contribution in [0.25, 0.3) is 0 Å². The fraction of sp³-hybridized carbons (Fsp3) is 0.333. The van der Waals surface area contributed by atoms with Crippen LogP contribution in [0.5, 0.6) is 5.75 Å². The first-order valence-corrected chi connectivity index (χ1v) is 3.80. The third-order valence-corrected chi connectivity index (χ3v) is 1.27. The lowest BCUT2D eigenvalue weighted by atomic mass is 10.3. The van der Waals surface area contributed by atoms with E-state index in [-0.39, 0.29) is 11.9 Å². The first kappa shape index (κ1) is 8.84. The van der Waals surface area contributed by atoms with Gasteiger partial charge in [-0.15, -0.1) is 0 Å². The summed E-state index contributed by atoms with van der Waals surface area (Å²) in [5, 5.41) is 0. The van der Waals surface area contributed by atoms with Gasteiger partial charge in [-0.05, 0) is 19.9 Å². The van der Waals surface area contributed by atoms with Crippen LogP contribution in [0.1, 0.15) is 13.8 Å². The molecule has 0 bridgehead atoms. The minimum absolute atomic E-state index is 0.0335. The maximum atomic E-state index is 12.7. The highest BCUT2D eigenvalue weighted by Crippen LogP contribution is 2.18. The standard InChI is InChI=1S/C9H12FNO/c1-6(2)12-9-4-7(10)3-8(11)5-9/h3-6H,11H2,1-2H3. The molecule has 0 spiro atoms. The molecule has 0 fully saturated rings. The van der Waals surface area contributed by atoms with Crippen LogP contribution in [-0.2, 0) is 0 Å². The summed E-state index contributed by atoms with van der Waals surface area (Å²) in [6, 6.07) is 4.17. The molecule has 0 heterocycles. The number of hydrogen-bond donors (Lipinski definition) is 1. The highest BCUT2D eigenvalue weighted by molar-refractivity contribution is 5.44. The van der Waals surface area contributed by atoms with Crippen molar-refractivity contribution in [1.82, 2.24) is 0 Å². The van der Waals surface area contributed by atoms with E-state index in [9.17, 15) is 4.39 Å². The predicted octanol–water partition coefficient (Wildman–Crippen LogP) is 2.20. The third kappa shape index (κ3) is 2.42. The molecule has 0 aromatic heterocycles. The average molecular weight is 169 g/mol.